The lowest BCUT2D eigenvalue weighted by Gasteiger charge is -2.12. The molecule has 4 N–H and O–H groups in total. The van der Waals surface area contributed by atoms with Crippen molar-refractivity contribution in [1.29, 1.82) is 0 Å². The molecule has 2 aliphatic rings. The molecular formula is C20H19FN6O2. The van der Waals surface area contributed by atoms with E-state index in [0.29, 0.717) is 34.3 Å². The summed E-state index contributed by atoms with van der Waals surface area (Å²) in [5.41, 5.74) is 2.39. The van der Waals surface area contributed by atoms with Crippen molar-refractivity contribution in [2.75, 3.05) is 10.6 Å². The SMILES string of the molecule is O=C1CC(=Cc2cnn3c(NC4CC4)cc(Nc4cccc(F)c4)nc23)C(O)N1. The molecule has 1 aliphatic carbocycles. The molecule has 2 aromatic heterocycles. The number of nitrogens with one attached hydrogen (secondary N) is 3. The van der Waals surface area contributed by atoms with Gasteiger partial charge < -0.3 is 21.1 Å². The first-order valence-electron chi connectivity index (χ1n) is 9.41. The summed E-state index contributed by atoms with van der Waals surface area (Å²) >= 11 is 0. The Morgan fingerprint density at radius 1 is 1.31 bits per heavy atom. The zero-order valence-corrected chi connectivity index (χ0v) is 15.4. The van der Waals surface area contributed by atoms with Gasteiger partial charge in [0.25, 0.3) is 0 Å². The molecule has 3 aromatic rings. The van der Waals surface area contributed by atoms with Gasteiger partial charge in [0, 0.05) is 23.4 Å². The van der Waals surface area contributed by atoms with Crippen LogP contribution < -0.4 is 16.0 Å². The molecule has 1 amide bonds. The number of halogens is 1. The smallest absolute Gasteiger partial charge is 0.226 e. The van der Waals surface area contributed by atoms with Crippen LogP contribution >= 0.6 is 0 Å². The van der Waals surface area contributed by atoms with E-state index in [-0.39, 0.29) is 18.1 Å². The number of aliphatic hydroxyl groups is 1. The lowest BCUT2D eigenvalue weighted by Crippen LogP contribution is -2.24. The number of nitrogens with zero attached hydrogens (tertiary/aromatic N) is 3. The van der Waals surface area contributed by atoms with Crippen molar-refractivity contribution >= 4 is 35.0 Å². The van der Waals surface area contributed by atoms with Gasteiger partial charge in [-0.25, -0.2) is 9.37 Å². The van der Waals surface area contributed by atoms with Gasteiger partial charge in [-0.3, -0.25) is 4.79 Å². The van der Waals surface area contributed by atoms with Crippen molar-refractivity contribution in [3.8, 4) is 0 Å². The number of anilines is 3. The number of amides is 1. The topological polar surface area (TPSA) is 104 Å². The standard InChI is InChI=1S/C20H19FN6O2/c21-13-2-1-3-15(8-13)23-16-9-17(24-14-4-5-14)27-19(25-16)12(10-22-27)6-11-7-18(28)26-20(11)29/h1-3,6,8-10,14,20,24,29H,4-5,7H2,(H,23,25)(H,26,28). The van der Waals surface area contributed by atoms with Crippen LogP contribution in [0.2, 0.25) is 0 Å². The summed E-state index contributed by atoms with van der Waals surface area (Å²) in [5, 5.41) is 23.4. The second kappa shape index (κ2) is 6.85. The minimum absolute atomic E-state index is 0.132. The third-order valence-corrected chi connectivity index (χ3v) is 4.88. The maximum Gasteiger partial charge on any atom is 0.226 e. The Labute approximate surface area is 165 Å². The summed E-state index contributed by atoms with van der Waals surface area (Å²) in [6.45, 7) is 0. The zero-order valence-electron chi connectivity index (χ0n) is 15.4. The number of hydrogen-bond acceptors (Lipinski definition) is 6. The molecule has 1 aromatic carbocycles. The fraction of sp³-hybridized carbons (Fsp3) is 0.250. The highest BCUT2D eigenvalue weighted by atomic mass is 19.1. The van der Waals surface area contributed by atoms with E-state index in [9.17, 15) is 14.3 Å². The predicted octanol–water partition coefficient (Wildman–Crippen LogP) is 2.41. The van der Waals surface area contributed by atoms with E-state index in [1.54, 1.807) is 28.9 Å². The first-order chi connectivity index (χ1) is 14.0. The number of benzene rings is 1. The Kier molecular flexibility index (Phi) is 4.17. The minimum Gasteiger partial charge on any atom is -0.370 e. The maximum absolute atomic E-state index is 13.5. The van der Waals surface area contributed by atoms with Gasteiger partial charge in [0.05, 0.1) is 12.6 Å². The van der Waals surface area contributed by atoms with Gasteiger partial charge in [0.15, 0.2) is 5.65 Å². The molecule has 0 spiro atoms. The third-order valence-electron chi connectivity index (χ3n) is 4.88. The van der Waals surface area contributed by atoms with Gasteiger partial charge in [-0.2, -0.15) is 9.61 Å². The molecule has 5 rings (SSSR count). The Bertz CT molecular complexity index is 1140. The Morgan fingerprint density at radius 2 is 2.17 bits per heavy atom. The first kappa shape index (κ1) is 17.6. The van der Waals surface area contributed by atoms with Gasteiger partial charge in [0.1, 0.15) is 23.7 Å². The fourth-order valence-electron chi connectivity index (χ4n) is 3.31. The number of rotatable bonds is 5. The molecule has 2 fully saturated rings. The van der Waals surface area contributed by atoms with Crippen LogP contribution in [0.15, 0.2) is 42.1 Å². The van der Waals surface area contributed by atoms with Crippen LogP contribution in [-0.2, 0) is 4.79 Å². The summed E-state index contributed by atoms with van der Waals surface area (Å²) in [7, 11) is 0. The molecule has 0 radical (unpaired) electrons. The molecule has 1 aliphatic heterocycles. The van der Waals surface area contributed by atoms with Crippen LogP contribution in [0.25, 0.3) is 11.7 Å². The molecule has 148 valence electrons. The lowest BCUT2D eigenvalue weighted by molar-refractivity contribution is -0.120. The number of fused-ring (bicyclic) bond motifs is 1. The highest BCUT2D eigenvalue weighted by Crippen LogP contribution is 2.29. The maximum atomic E-state index is 13.5. The summed E-state index contributed by atoms with van der Waals surface area (Å²) < 4.78 is 15.2. The highest BCUT2D eigenvalue weighted by molar-refractivity contribution is 5.85. The average Bonchev–Trinajstić information content (AvgIpc) is 3.31. The Balaban J connectivity index is 1.57. The summed E-state index contributed by atoms with van der Waals surface area (Å²) in [4.78, 5) is 16.2. The van der Waals surface area contributed by atoms with Crippen molar-refractivity contribution < 1.29 is 14.3 Å². The molecular weight excluding hydrogens is 375 g/mol. The molecule has 0 bridgehead atoms. The lowest BCUT2D eigenvalue weighted by atomic mass is 10.1. The van der Waals surface area contributed by atoms with Gasteiger partial charge in [-0.1, -0.05) is 6.07 Å². The Hall–Kier alpha value is -3.46. The number of carbonyl (C=O) groups excluding carboxylic acids is 1. The quantitative estimate of drug-likeness (QED) is 0.530. The van der Waals surface area contributed by atoms with E-state index in [1.807, 2.05) is 6.07 Å². The summed E-state index contributed by atoms with van der Waals surface area (Å²) in [5.74, 6) is 0.738. The predicted molar refractivity (Wildman–Crippen MR) is 106 cm³/mol. The molecule has 1 saturated carbocycles. The van der Waals surface area contributed by atoms with Crippen molar-refractivity contribution in [2.45, 2.75) is 31.5 Å². The average molecular weight is 394 g/mol. The van der Waals surface area contributed by atoms with Crippen molar-refractivity contribution in [1.82, 2.24) is 19.9 Å². The second-order valence-electron chi connectivity index (χ2n) is 7.28. The zero-order chi connectivity index (χ0) is 20.0. The van der Waals surface area contributed by atoms with E-state index in [1.165, 1.54) is 12.1 Å². The number of aliphatic hydroxyl groups excluding tert-OH is 1. The molecule has 8 nitrogen and oxygen atoms in total. The normalized spacial score (nSPS) is 20.3. The van der Waals surface area contributed by atoms with Crippen LogP contribution in [0.4, 0.5) is 21.7 Å². The minimum atomic E-state index is -1.00. The van der Waals surface area contributed by atoms with Crippen LogP contribution in [0.5, 0.6) is 0 Å². The van der Waals surface area contributed by atoms with E-state index in [4.69, 9.17) is 0 Å². The monoisotopic (exact) mass is 394 g/mol. The van der Waals surface area contributed by atoms with E-state index in [2.05, 4.69) is 26.0 Å². The Morgan fingerprint density at radius 3 is 2.90 bits per heavy atom. The number of aromatic nitrogens is 3. The van der Waals surface area contributed by atoms with Crippen molar-refractivity contribution in [3.05, 3.63) is 53.5 Å². The summed E-state index contributed by atoms with van der Waals surface area (Å²) in [6.07, 6.45) is 4.69. The first-order valence-corrected chi connectivity index (χ1v) is 9.41. The second-order valence-corrected chi connectivity index (χ2v) is 7.28. The van der Waals surface area contributed by atoms with E-state index >= 15 is 0 Å². The molecule has 9 heteroatoms. The molecule has 29 heavy (non-hydrogen) atoms. The van der Waals surface area contributed by atoms with Crippen LogP contribution in [0.3, 0.4) is 0 Å². The van der Waals surface area contributed by atoms with Crippen LogP contribution in [-0.4, -0.2) is 37.9 Å². The van der Waals surface area contributed by atoms with Gasteiger partial charge in [0.2, 0.25) is 5.91 Å². The van der Waals surface area contributed by atoms with E-state index < -0.39 is 6.23 Å². The largest absolute Gasteiger partial charge is 0.370 e. The van der Waals surface area contributed by atoms with Crippen molar-refractivity contribution in [2.24, 2.45) is 0 Å². The molecule has 1 saturated heterocycles. The van der Waals surface area contributed by atoms with Crippen LogP contribution in [0, 0.1) is 5.82 Å². The fourth-order valence-corrected chi connectivity index (χ4v) is 3.31. The van der Waals surface area contributed by atoms with E-state index in [0.717, 1.165) is 18.7 Å². The number of hydrogen-bond donors (Lipinski definition) is 4. The number of carbonyl (C=O) groups is 1. The van der Waals surface area contributed by atoms with Gasteiger partial charge >= 0.3 is 0 Å². The molecule has 3 heterocycles. The van der Waals surface area contributed by atoms with Gasteiger partial charge in [-0.15, -0.1) is 0 Å². The highest BCUT2D eigenvalue weighted by Gasteiger charge is 2.26. The molecule has 1 unspecified atom stereocenters. The van der Waals surface area contributed by atoms with Gasteiger partial charge in [-0.05, 0) is 42.7 Å². The molecule has 1 atom stereocenters. The third kappa shape index (κ3) is 3.64. The summed E-state index contributed by atoms with van der Waals surface area (Å²) in [6, 6.07) is 8.38. The van der Waals surface area contributed by atoms with Crippen molar-refractivity contribution in [3.63, 3.8) is 0 Å². The van der Waals surface area contributed by atoms with Crippen LogP contribution in [0.1, 0.15) is 24.8 Å².